The molecule has 1 aromatic carbocycles. The second-order valence-corrected chi connectivity index (χ2v) is 5.66. The van der Waals surface area contributed by atoms with Crippen LogP contribution in [-0.4, -0.2) is 15.8 Å². The molecule has 22 heavy (non-hydrogen) atoms. The van der Waals surface area contributed by atoms with E-state index >= 15 is 0 Å². The van der Waals surface area contributed by atoms with Crippen LogP contribution in [0.1, 0.15) is 29.4 Å². The van der Waals surface area contributed by atoms with Gasteiger partial charge in [-0.15, -0.1) is 0 Å². The molecule has 0 atom stereocenters. The molecular formula is C16H21ClN4O. The zero-order chi connectivity index (χ0) is 16.3. The summed E-state index contributed by atoms with van der Waals surface area (Å²) in [6.45, 7) is 9.21. The first kappa shape index (κ1) is 16.4. The number of benzene rings is 1. The Bertz CT molecular complexity index is 694. The molecule has 1 heterocycles. The highest BCUT2D eigenvalue weighted by molar-refractivity contribution is 6.33. The van der Waals surface area contributed by atoms with Crippen LogP contribution < -0.4 is 10.6 Å². The lowest BCUT2D eigenvalue weighted by Crippen LogP contribution is -2.28. The molecule has 6 heteroatoms. The molecule has 0 radical (unpaired) electrons. The van der Waals surface area contributed by atoms with Gasteiger partial charge in [0.1, 0.15) is 0 Å². The Kier molecular flexibility index (Phi) is 5.08. The molecule has 0 aliphatic heterocycles. The predicted molar refractivity (Wildman–Crippen MR) is 89.4 cm³/mol. The molecule has 0 bridgehead atoms. The van der Waals surface area contributed by atoms with Crippen LogP contribution in [0.3, 0.4) is 0 Å². The zero-order valence-corrected chi connectivity index (χ0v) is 14.1. The van der Waals surface area contributed by atoms with E-state index in [1.54, 1.807) is 6.07 Å². The van der Waals surface area contributed by atoms with Gasteiger partial charge in [0.05, 0.1) is 16.4 Å². The third kappa shape index (κ3) is 3.60. The van der Waals surface area contributed by atoms with Gasteiger partial charge < -0.3 is 10.6 Å². The van der Waals surface area contributed by atoms with Crippen molar-refractivity contribution in [3.63, 3.8) is 0 Å². The maximum atomic E-state index is 12.0. The monoisotopic (exact) mass is 320 g/mol. The first-order chi connectivity index (χ1) is 10.4. The lowest BCUT2D eigenvalue weighted by molar-refractivity contribution is 0.251. The van der Waals surface area contributed by atoms with E-state index in [2.05, 4.69) is 15.7 Å². The number of aryl methyl sites for hydroxylation is 3. The second-order valence-electron chi connectivity index (χ2n) is 5.26. The van der Waals surface area contributed by atoms with E-state index < -0.39 is 0 Å². The van der Waals surface area contributed by atoms with E-state index in [-0.39, 0.29) is 6.03 Å². The first-order valence-corrected chi connectivity index (χ1v) is 7.64. The van der Waals surface area contributed by atoms with Gasteiger partial charge in [0.15, 0.2) is 0 Å². The van der Waals surface area contributed by atoms with Gasteiger partial charge in [0, 0.05) is 24.3 Å². The van der Waals surface area contributed by atoms with Crippen molar-refractivity contribution < 1.29 is 4.79 Å². The number of urea groups is 1. The Morgan fingerprint density at radius 3 is 2.64 bits per heavy atom. The highest BCUT2D eigenvalue weighted by Crippen LogP contribution is 2.22. The molecule has 5 nitrogen and oxygen atoms in total. The molecule has 1 aromatic heterocycles. The van der Waals surface area contributed by atoms with Crippen molar-refractivity contribution in [2.75, 3.05) is 5.32 Å². The van der Waals surface area contributed by atoms with Gasteiger partial charge in [0.25, 0.3) is 0 Å². The maximum Gasteiger partial charge on any atom is 0.319 e. The molecule has 2 N–H and O–H groups in total. The maximum absolute atomic E-state index is 12.0. The summed E-state index contributed by atoms with van der Waals surface area (Å²) in [5, 5.41) is 10.6. The topological polar surface area (TPSA) is 59.0 Å². The van der Waals surface area contributed by atoms with Crippen molar-refractivity contribution in [3.05, 3.63) is 45.7 Å². The summed E-state index contributed by atoms with van der Waals surface area (Å²) in [4.78, 5) is 12.0. The number of anilines is 1. The molecule has 2 rings (SSSR count). The summed E-state index contributed by atoms with van der Waals surface area (Å²) in [6, 6.07) is 5.23. The number of aromatic nitrogens is 2. The summed E-state index contributed by atoms with van der Waals surface area (Å²) >= 11 is 6.11. The number of halogens is 1. The molecular weight excluding hydrogens is 300 g/mol. The van der Waals surface area contributed by atoms with E-state index in [4.69, 9.17) is 11.6 Å². The van der Waals surface area contributed by atoms with Gasteiger partial charge in [-0.3, -0.25) is 4.68 Å². The van der Waals surface area contributed by atoms with Gasteiger partial charge in [0.2, 0.25) is 0 Å². The van der Waals surface area contributed by atoms with Crippen LogP contribution in [0.25, 0.3) is 0 Å². The fourth-order valence-corrected chi connectivity index (χ4v) is 2.64. The van der Waals surface area contributed by atoms with Crippen LogP contribution in [-0.2, 0) is 13.1 Å². The Morgan fingerprint density at radius 2 is 2.05 bits per heavy atom. The molecule has 0 saturated carbocycles. The standard InChI is InChI=1S/C16H21ClN4O/c1-5-21-12(4)13(11(3)20-21)9-18-16(22)19-15-7-6-10(2)8-14(15)17/h6-8H,5,9H2,1-4H3,(H2,18,19,22). The highest BCUT2D eigenvalue weighted by atomic mass is 35.5. The second kappa shape index (κ2) is 6.83. The zero-order valence-electron chi connectivity index (χ0n) is 13.3. The van der Waals surface area contributed by atoms with E-state index in [9.17, 15) is 4.79 Å². The minimum Gasteiger partial charge on any atom is -0.334 e. The number of hydrogen-bond acceptors (Lipinski definition) is 2. The van der Waals surface area contributed by atoms with Crippen molar-refractivity contribution >= 4 is 23.3 Å². The molecule has 0 fully saturated rings. The number of amides is 2. The summed E-state index contributed by atoms with van der Waals surface area (Å²) in [6.07, 6.45) is 0. The third-order valence-corrected chi connectivity index (χ3v) is 3.94. The van der Waals surface area contributed by atoms with Crippen molar-refractivity contribution in [1.82, 2.24) is 15.1 Å². The molecule has 2 aromatic rings. The quantitative estimate of drug-likeness (QED) is 0.900. The lowest BCUT2D eigenvalue weighted by atomic mass is 10.2. The molecule has 0 aliphatic rings. The number of hydrogen-bond donors (Lipinski definition) is 2. The number of rotatable bonds is 4. The lowest BCUT2D eigenvalue weighted by Gasteiger charge is -2.10. The van der Waals surface area contributed by atoms with Gasteiger partial charge in [-0.1, -0.05) is 17.7 Å². The Hall–Kier alpha value is -2.01. The van der Waals surface area contributed by atoms with Crippen molar-refractivity contribution in [2.45, 2.75) is 40.8 Å². The first-order valence-electron chi connectivity index (χ1n) is 7.26. The number of carbonyl (C=O) groups excluding carboxylic acids is 1. The largest absolute Gasteiger partial charge is 0.334 e. The molecule has 2 amide bonds. The fourth-order valence-electron chi connectivity index (χ4n) is 2.35. The van der Waals surface area contributed by atoms with Crippen molar-refractivity contribution in [1.29, 1.82) is 0 Å². The van der Waals surface area contributed by atoms with Crippen LogP contribution in [0.4, 0.5) is 10.5 Å². The average molecular weight is 321 g/mol. The normalized spacial score (nSPS) is 10.6. The summed E-state index contributed by atoms with van der Waals surface area (Å²) in [5.74, 6) is 0. The number of nitrogens with zero attached hydrogens (tertiary/aromatic N) is 2. The average Bonchev–Trinajstić information content (AvgIpc) is 2.74. The predicted octanol–water partition coefficient (Wildman–Crippen LogP) is 3.80. The molecule has 0 saturated heterocycles. The van der Waals surface area contributed by atoms with Gasteiger partial charge in [-0.2, -0.15) is 5.10 Å². The molecule has 118 valence electrons. The Labute approximate surface area is 135 Å². The SMILES string of the molecule is CCn1nc(C)c(CNC(=O)Nc2ccc(C)cc2Cl)c1C. The van der Waals surface area contributed by atoms with Crippen LogP contribution in [0.2, 0.25) is 5.02 Å². The highest BCUT2D eigenvalue weighted by Gasteiger charge is 2.12. The van der Waals surface area contributed by atoms with Gasteiger partial charge in [-0.05, 0) is 45.4 Å². The van der Waals surface area contributed by atoms with E-state index in [1.807, 2.05) is 44.5 Å². The minimum atomic E-state index is -0.284. The van der Waals surface area contributed by atoms with Crippen LogP contribution in [0.15, 0.2) is 18.2 Å². The smallest absolute Gasteiger partial charge is 0.319 e. The third-order valence-electron chi connectivity index (χ3n) is 3.63. The van der Waals surface area contributed by atoms with Gasteiger partial charge in [-0.25, -0.2) is 4.79 Å². The van der Waals surface area contributed by atoms with Crippen LogP contribution in [0.5, 0.6) is 0 Å². The van der Waals surface area contributed by atoms with E-state index in [0.717, 1.165) is 29.1 Å². The molecule has 0 spiro atoms. The van der Waals surface area contributed by atoms with E-state index in [1.165, 1.54) is 0 Å². The number of carbonyl (C=O) groups is 1. The molecule has 0 unspecified atom stereocenters. The summed E-state index contributed by atoms with van der Waals surface area (Å²) < 4.78 is 1.93. The van der Waals surface area contributed by atoms with Crippen molar-refractivity contribution in [3.8, 4) is 0 Å². The summed E-state index contributed by atoms with van der Waals surface area (Å²) in [7, 11) is 0. The van der Waals surface area contributed by atoms with Crippen LogP contribution >= 0.6 is 11.6 Å². The fraction of sp³-hybridized carbons (Fsp3) is 0.375. The summed E-state index contributed by atoms with van der Waals surface area (Å²) in [5.41, 5.74) is 4.71. The van der Waals surface area contributed by atoms with Crippen molar-refractivity contribution in [2.24, 2.45) is 0 Å². The minimum absolute atomic E-state index is 0.284. The Balaban J connectivity index is 2.00. The molecule has 0 aliphatic carbocycles. The van der Waals surface area contributed by atoms with E-state index in [0.29, 0.717) is 17.3 Å². The number of nitrogens with one attached hydrogen (secondary N) is 2. The van der Waals surface area contributed by atoms with Crippen LogP contribution in [0, 0.1) is 20.8 Å². The Morgan fingerprint density at radius 1 is 1.32 bits per heavy atom. The van der Waals surface area contributed by atoms with Gasteiger partial charge >= 0.3 is 6.03 Å².